The van der Waals surface area contributed by atoms with Gasteiger partial charge in [0, 0.05) is 24.0 Å². The third-order valence-corrected chi connectivity index (χ3v) is 2.56. The van der Waals surface area contributed by atoms with Crippen molar-refractivity contribution in [2.45, 2.75) is 25.0 Å². The predicted molar refractivity (Wildman–Crippen MR) is 47.8 cm³/mol. The van der Waals surface area contributed by atoms with Crippen molar-refractivity contribution in [1.29, 1.82) is 0 Å². The van der Waals surface area contributed by atoms with Crippen molar-refractivity contribution in [3.8, 4) is 0 Å². The van der Waals surface area contributed by atoms with Crippen molar-refractivity contribution in [2.75, 3.05) is 12.3 Å². The number of nitrogens with two attached hydrogens (primary N) is 1. The Kier molecular flexibility index (Phi) is 6.36. The Morgan fingerprint density at radius 1 is 1.73 bits per heavy atom. The number of carboxylic acid groups (broad SMARTS) is 1. The van der Waals surface area contributed by atoms with Gasteiger partial charge in [0.25, 0.3) is 0 Å². The summed E-state index contributed by atoms with van der Waals surface area (Å²) in [5.41, 5.74) is 5.30. The molecule has 66 valence electrons. The van der Waals surface area contributed by atoms with Gasteiger partial charge in [-0.1, -0.05) is 6.92 Å². The van der Waals surface area contributed by atoms with Crippen LogP contribution in [0.15, 0.2) is 0 Å². The summed E-state index contributed by atoms with van der Waals surface area (Å²) in [5.74, 6) is 0.200. The molecule has 0 aliphatic rings. The van der Waals surface area contributed by atoms with E-state index in [0.717, 1.165) is 12.2 Å². The van der Waals surface area contributed by atoms with Gasteiger partial charge in [-0.2, -0.15) is 11.8 Å². The molecule has 0 aliphatic carbocycles. The van der Waals surface area contributed by atoms with Crippen LogP contribution in [0.2, 0.25) is 0 Å². The fourth-order valence-corrected chi connectivity index (χ4v) is 1.50. The number of hydrogen-bond acceptors (Lipinski definition) is 3. The molecule has 0 spiro atoms. The summed E-state index contributed by atoms with van der Waals surface area (Å²) in [7, 11) is 0. The van der Waals surface area contributed by atoms with Crippen molar-refractivity contribution in [3.63, 3.8) is 0 Å². The lowest BCUT2D eigenvalue weighted by Crippen LogP contribution is -2.07. The minimum atomic E-state index is -0.717. The molecule has 11 heavy (non-hydrogen) atoms. The third-order valence-electron chi connectivity index (χ3n) is 1.28. The first-order chi connectivity index (χ1) is 5.16. The first kappa shape index (κ1) is 10.8. The Labute approximate surface area is 71.3 Å². The van der Waals surface area contributed by atoms with E-state index in [0.29, 0.717) is 11.8 Å². The second-order valence-electron chi connectivity index (χ2n) is 2.40. The molecule has 0 saturated carbocycles. The summed E-state index contributed by atoms with van der Waals surface area (Å²) in [6.07, 6.45) is 0.999. The van der Waals surface area contributed by atoms with Crippen LogP contribution in [0.1, 0.15) is 19.8 Å². The largest absolute Gasteiger partial charge is 0.481 e. The van der Waals surface area contributed by atoms with E-state index in [1.165, 1.54) is 0 Å². The zero-order chi connectivity index (χ0) is 8.69. The van der Waals surface area contributed by atoms with E-state index >= 15 is 0 Å². The SMILES string of the molecule is CC(CCC(=O)O)SCCN. The van der Waals surface area contributed by atoms with Gasteiger partial charge in [0.1, 0.15) is 0 Å². The highest BCUT2D eigenvalue weighted by Gasteiger charge is 2.04. The molecule has 0 aromatic heterocycles. The smallest absolute Gasteiger partial charge is 0.303 e. The highest BCUT2D eigenvalue weighted by Crippen LogP contribution is 2.14. The van der Waals surface area contributed by atoms with Crippen molar-refractivity contribution < 1.29 is 9.90 Å². The summed E-state index contributed by atoms with van der Waals surface area (Å²) in [6, 6.07) is 0. The van der Waals surface area contributed by atoms with Crippen LogP contribution in [-0.4, -0.2) is 28.6 Å². The average Bonchev–Trinajstić information content (AvgIpc) is 1.97. The summed E-state index contributed by atoms with van der Waals surface area (Å²) in [4.78, 5) is 10.1. The van der Waals surface area contributed by atoms with Gasteiger partial charge in [0.2, 0.25) is 0 Å². The number of thioether (sulfide) groups is 1. The zero-order valence-electron chi connectivity index (χ0n) is 6.75. The van der Waals surface area contributed by atoms with Gasteiger partial charge in [-0.05, 0) is 6.42 Å². The highest BCUT2D eigenvalue weighted by molar-refractivity contribution is 7.99. The number of hydrogen-bond donors (Lipinski definition) is 2. The van der Waals surface area contributed by atoms with Gasteiger partial charge in [-0.25, -0.2) is 0 Å². The predicted octanol–water partition coefficient (Wildman–Crippen LogP) is 0.932. The molecular weight excluding hydrogens is 162 g/mol. The number of carbonyl (C=O) groups is 1. The maximum Gasteiger partial charge on any atom is 0.303 e. The molecule has 0 bridgehead atoms. The van der Waals surface area contributed by atoms with Crippen molar-refractivity contribution in [2.24, 2.45) is 5.73 Å². The molecule has 0 fully saturated rings. The Morgan fingerprint density at radius 2 is 2.36 bits per heavy atom. The summed E-state index contributed by atoms with van der Waals surface area (Å²) >= 11 is 1.73. The van der Waals surface area contributed by atoms with E-state index in [-0.39, 0.29) is 6.42 Å². The van der Waals surface area contributed by atoms with E-state index in [1.54, 1.807) is 11.8 Å². The van der Waals surface area contributed by atoms with Crippen LogP contribution in [0.25, 0.3) is 0 Å². The standard InChI is InChI=1S/C7H15NO2S/c1-6(11-5-4-8)2-3-7(9)10/h6H,2-5,8H2,1H3,(H,9,10). The molecule has 0 heterocycles. The van der Waals surface area contributed by atoms with E-state index < -0.39 is 5.97 Å². The lowest BCUT2D eigenvalue weighted by molar-refractivity contribution is -0.137. The first-order valence-electron chi connectivity index (χ1n) is 3.70. The molecular formula is C7H15NO2S. The summed E-state index contributed by atoms with van der Waals surface area (Å²) in [6.45, 7) is 2.70. The van der Waals surface area contributed by atoms with Crippen LogP contribution < -0.4 is 5.73 Å². The molecule has 0 amide bonds. The number of rotatable bonds is 6. The fourth-order valence-electron chi connectivity index (χ4n) is 0.679. The van der Waals surface area contributed by atoms with Crippen LogP contribution in [0.5, 0.6) is 0 Å². The third kappa shape index (κ3) is 7.68. The maximum atomic E-state index is 10.1. The van der Waals surface area contributed by atoms with E-state index in [4.69, 9.17) is 10.8 Å². The average molecular weight is 177 g/mol. The Bertz CT molecular complexity index is 119. The van der Waals surface area contributed by atoms with Gasteiger partial charge >= 0.3 is 5.97 Å². The molecule has 4 heteroatoms. The second-order valence-corrected chi connectivity index (χ2v) is 3.95. The van der Waals surface area contributed by atoms with Crippen LogP contribution in [0.3, 0.4) is 0 Å². The number of aliphatic carboxylic acids is 1. The molecule has 1 unspecified atom stereocenters. The van der Waals surface area contributed by atoms with Crippen LogP contribution in [0.4, 0.5) is 0 Å². The Morgan fingerprint density at radius 3 is 2.82 bits per heavy atom. The fraction of sp³-hybridized carbons (Fsp3) is 0.857. The van der Waals surface area contributed by atoms with Gasteiger partial charge in [-0.3, -0.25) is 4.79 Å². The lowest BCUT2D eigenvalue weighted by Gasteiger charge is -2.07. The van der Waals surface area contributed by atoms with Gasteiger partial charge in [0.05, 0.1) is 0 Å². The molecule has 3 nitrogen and oxygen atoms in total. The first-order valence-corrected chi connectivity index (χ1v) is 4.75. The molecule has 0 aliphatic heterocycles. The van der Waals surface area contributed by atoms with E-state index in [9.17, 15) is 4.79 Å². The van der Waals surface area contributed by atoms with Gasteiger partial charge in [-0.15, -0.1) is 0 Å². The lowest BCUT2D eigenvalue weighted by atomic mass is 10.2. The highest BCUT2D eigenvalue weighted by atomic mass is 32.2. The van der Waals surface area contributed by atoms with Gasteiger partial charge in [0.15, 0.2) is 0 Å². The molecule has 3 N–H and O–H groups in total. The van der Waals surface area contributed by atoms with Crippen LogP contribution in [0, 0.1) is 0 Å². The van der Waals surface area contributed by atoms with Crippen molar-refractivity contribution in [1.82, 2.24) is 0 Å². The molecule has 1 atom stereocenters. The van der Waals surface area contributed by atoms with Crippen molar-refractivity contribution in [3.05, 3.63) is 0 Å². The molecule has 0 rings (SSSR count). The summed E-state index contributed by atoms with van der Waals surface area (Å²) < 4.78 is 0. The van der Waals surface area contributed by atoms with Gasteiger partial charge < -0.3 is 10.8 Å². The Balaban J connectivity index is 3.22. The molecule has 0 aromatic rings. The molecule has 0 saturated heterocycles. The molecule has 0 aromatic carbocycles. The monoisotopic (exact) mass is 177 g/mol. The van der Waals surface area contributed by atoms with E-state index in [1.807, 2.05) is 6.92 Å². The van der Waals surface area contributed by atoms with Crippen LogP contribution >= 0.6 is 11.8 Å². The Hall–Kier alpha value is -0.220. The topological polar surface area (TPSA) is 63.3 Å². The van der Waals surface area contributed by atoms with Crippen molar-refractivity contribution >= 4 is 17.7 Å². The quantitative estimate of drug-likeness (QED) is 0.633. The summed E-state index contributed by atoms with van der Waals surface area (Å²) in [5, 5.41) is 8.77. The minimum Gasteiger partial charge on any atom is -0.481 e. The maximum absolute atomic E-state index is 10.1. The second kappa shape index (κ2) is 6.49. The molecule has 0 radical (unpaired) electrons. The number of carboxylic acids is 1. The van der Waals surface area contributed by atoms with E-state index in [2.05, 4.69) is 0 Å². The van der Waals surface area contributed by atoms with Crippen LogP contribution in [-0.2, 0) is 4.79 Å². The normalized spacial score (nSPS) is 12.9. The minimum absolute atomic E-state index is 0.263. The zero-order valence-corrected chi connectivity index (χ0v) is 7.56.